The molecule has 0 amide bonds. The number of hydrogen-bond donors (Lipinski definition) is 1. The van der Waals surface area contributed by atoms with Crippen LogP contribution in [0.15, 0.2) is 16.9 Å². The highest BCUT2D eigenvalue weighted by Crippen LogP contribution is 2.27. The average Bonchev–Trinajstić information content (AvgIpc) is 2.27. The van der Waals surface area contributed by atoms with Gasteiger partial charge in [-0.3, -0.25) is 0 Å². The maximum atomic E-state index is 12.2. The van der Waals surface area contributed by atoms with E-state index in [9.17, 15) is 17.4 Å². The van der Waals surface area contributed by atoms with Crippen molar-refractivity contribution < 1.29 is 17.4 Å². The molecule has 1 aromatic heterocycles. The Morgan fingerprint density at radius 3 is 2.24 bits per heavy atom. The highest BCUT2D eigenvalue weighted by atomic mass is 32.2. The number of rotatable bonds is 2. The zero-order valence-corrected chi connectivity index (χ0v) is 9.92. The Bertz CT molecular complexity index is 504. The van der Waals surface area contributed by atoms with Crippen LogP contribution in [0.5, 0.6) is 0 Å². The van der Waals surface area contributed by atoms with E-state index in [1.807, 2.05) is 0 Å². The molecule has 0 aromatic carbocycles. The molecule has 1 heterocycles. The van der Waals surface area contributed by atoms with Gasteiger partial charge in [0.2, 0.25) is 5.82 Å². The van der Waals surface area contributed by atoms with Crippen LogP contribution in [0.4, 0.5) is 13.2 Å². The van der Waals surface area contributed by atoms with E-state index in [-0.39, 0.29) is 0 Å². The average molecular weight is 268 g/mol. The molecule has 0 aliphatic carbocycles. The van der Waals surface area contributed by atoms with E-state index < -0.39 is 27.0 Å². The van der Waals surface area contributed by atoms with E-state index >= 15 is 0 Å². The van der Waals surface area contributed by atoms with Gasteiger partial charge >= 0.3 is 6.18 Å². The van der Waals surface area contributed by atoms with Gasteiger partial charge in [0.25, 0.3) is 0 Å². The molecule has 0 saturated heterocycles. The van der Waals surface area contributed by atoms with Crippen molar-refractivity contribution in [3.8, 4) is 0 Å². The van der Waals surface area contributed by atoms with Crippen LogP contribution in [0.1, 0.15) is 23.6 Å². The van der Waals surface area contributed by atoms with Crippen LogP contribution < -0.4 is 5.84 Å². The normalized spacial score (nSPS) is 17.3. The summed E-state index contributed by atoms with van der Waals surface area (Å²) >= 11 is 0. The smallest absolute Gasteiger partial charge is 0.248 e. The summed E-state index contributed by atoms with van der Waals surface area (Å²) in [6.07, 6.45) is -1.31. The first-order valence-corrected chi connectivity index (χ1v) is 6.46. The van der Waals surface area contributed by atoms with Crippen LogP contribution in [-0.4, -0.2) is 20.4 Å². The molecule has 0 bridgehead atoms. The first-order valence-electron chi connectivity index (χ1n) is 4.48. The summed E-state index contributed by atoms with van der Waals surface area (Å²) in [5.74, 6) is 3.74. The fourth-order valence-electron chi connectivity index (χ4n) is 1.04. The summed E-state index contributed by atoms with van der Waals surface area (Å²) in [7, 11) is -2.71. The van der Waals surface area contributed by atoms with Crippen molar-refractivity contribution in [3.63, 3.8) is 0 Å². The lowest BCUT2D eigenvalue weighted by atomic mass is 10.2. The maximum Gasteiger partial charge on any atom is 0.451 e. The van der Waals surface area contributed by atoms with Crippen molar-refractivity contribution in [2.75, 3.05) is 6.26 Å². The van der Waals surface area contributed by atoms with Crippen molar-refractivity contribution in [1.29, 1.82) is 0 Å². The molecule has 1 rings (SSSR count). The molecule has 0 spiro atoms. The zero-order chi connectivity index (χ0) is 13.3. The van der Waals surface area contributed by atoms with E-state index in [4.69, 9.17) is 5.84 Å². The molecule has 2 unspecified atom stereocenters. The summed E-state index contributed by atoms with van der Waals surface area (Å²) in [6.45, 7) is 1.53. The lowest BCUT2D eigenvalue weighted by Crippen LogP contribution is -2.14. The number of aromatic nitrogens is 2. The SMILES string of the molecule is CC(c1cnc(C(F)(F)F)nc1)S(C)(=O)=NN. The Balaban J connectivity index is 3.09. The fourth-order valence-corrected chi connectivity index (χ4v) is 1.85. The Morgan fingerprint density at radius 2 is 1.88 bits per heavy atom. The molecular formula is C8H11F3N4OS. The van der Waals surface area contributed by atoms with Crippen molar-refractivity contribution >= 4 is 9.73 Å². The van der Waals surface area contributed by atoms with E-state index in [1.54, 1.807) is 0 Å². The largest absolute Gasteiger partial charge is 0.451 e. The van der Waals surface area contributed by atoms with E-state index in [0.29, 0.717) is 5.56 Å². The zero-order valence-electron chi connectivity index (χ0n) is 9.10. The quantitative estimate of drug-likeness (QED) is 0.651. The summed E-state index contributed by atoms with van der Waals surface area (Å²) in [5, 5.41) is -0.644. The molecule has 9 heteroatoms. The second-order valence-electron chi connectivity index (χ2n) is 3.45. The van der Waals surface area contributed by atoms with Crippen molar-refractivity contribution in [3.05, 3.63) is 23.8 Å². The lowest BCUT2D eigenvalue weighted by Gasteiger charge is -2.13. The molecule has 96 valence electrons. The molecule has 0 aliphatic heterocycles. The number of alkyl halides is 3. The first kappa shape index (κ1) is 13.8. The van der Waals surface area contributed by atoms with Gasteiger partial charge in [0.15, 0.2) is 0 Å². The van der Waals surface area contributed by atoms with E-state index in [0.717, 1.165) is 12.4 Å². The molecule has 0 saturated carbocycles. The highest BCUT2D eigenvalue weighted by Gasteiger charge is 2.34. The van der Waals surface area contributed by atoms with Crippen LogP contribution in [0, 0.1) is 0 Å². The molecule has 2 atom stereocenters. The molecule has 0 fully saturated rings. The molecule has 5 nitrogen and oxygen atoms in total. The van der Waals surface area contributed by atoms with E-state index in [2.05, 4.69) is 14.4 Å². The topological polar surface area (TPSA) is 81.2 Å². The second-order valence-corrected chi connectivity index (χ2v) is 6.09. The number of nitrogens with two attached hydrogens (primary N) is 1. The summed E-state index contributed by atoms with van der Waals surface area (Å²) < 4.78 is 51.6. The monoisotopic (exact) mass is 268 g/mol. The predicted molar refractivity (Wildman–Crippen MR) is 56.1 cm³/mol. The Kier molecular flexibility index (Phi) is 3.72. The van der Waals surface area contributed by atoms with Crippen molar-refractivity contribution in [2.24, 2.45) is 10.3 Å². The van der Waals surface area contributed by atoms with Crippen LogP contribution in [0.25, 0.3) is 0 Å². The molecular weight excluding hydrogens is 257 g/mol. The van der Waals surface area contributed by atoms with Gasteiger partial charge in [0.1, 0.15) is 0 Å². The van der Waals surface area contributed by atoms with E-state index in [1.165, 1.54) is 13.2 Å². The van der Waals surface area contributed by atoms with Gasteiger partial charge in [-0.1, -0.05) is 0 Å². The Morgan fingerprint density at radius 1 is 1.41 bits per heavy atom. The molecule has 0 aliphatic rings. The molecule has 2 N–H and O–H groups in total. The van der Waals surface area contributed by atoms with Gasteiger partial charge < -0.3 is 0 Å². The minimum absolute atomic E-state index is 0.291. The number of hydrogen-bond acceptors (Lipinski definition) is 4. The minimum Gasteiger partial charge on any atom is -0.248 e. The van der Waals surface area contributed by atoms with Crippen LogP contribution in [0.2, 0.25) is 0 Å². The van der Waals surface area contributed by atoms with Gasteiger partial charge in [0.05, 0.1) is 15.0 Å². The summed E-state index contributed by atoms with van der Waals surface area (Å²) in [4.78, 5) is 6.35. The van der Waals surface area contributed by atoms with Crippen LogP contribution in [0.3, 0.4) is 0 Å². The van der Waals surface area contributed by atoms with Gasteiger partial charge in [-0.2, -0.15) is 17.6 Å². The molecule has 17 heavy (non-hydrogen) atoms. The third-order valence-corrected chi connectivity index (χ3v) is 4.26. The first-order chi connectivity index (χ1) is 7.68. The summed E-state index contributed by atoms with van der Waals surface area (Å²) in [6, 6.07) is 0. The Labute approximate surface area is 96.4 Å². The number of halogens is 3. The third-order valence-electron chi connectivity index (χ3n) is 2.26. The lowest BCUT2D eigenvalue weighted by molar-refractivity contribution is -0.145. The minimum atomic E-state index is -4.59. The predicted octanol–water partition coefficient (Wildman–Crippen LogP) is 1.53. The maximum absolute atomic E-state index is 12.2. The van der Waals surface area contributed by atoms with Crippen molar-refractivity contribution in [2.45, 2.75) is 18.3 Å². The highest BCUT2D eigenvalue weighted by molar-refractivity contribution is 7.93. The molecule has 0 radical (unpaired) electrons. The summed E-state index contributed by atoms with van der Waals surface area (Å²) in [5.41, 5.74) is 0.291. The number of nitrogens with zero attached hydrogens (tertiary/aromatic N) is 3. The van der Waals surface area contributed by atoms with Crippen LogP contribution in [-0.2, 0) is 15.9 Å². The van der Waals surface area contributed by atoms with Gasteiger partial charge in [-0.15, -0.1) is 0 Å². The second kappa shape index (κ2) is 4.57. The third kappa shape index (κ3) is 3.13. The molecule has 1 aromatic rings. The van der Waals surface area contributed by atoms with Crippen LogP contribution >= 0.6 is 0 Å². The Hall–Kier alpha value is -1.22. The van der Waals surface area contributed by atoms with Crippen molar-refractivity contribution in [1.82, 2.24) is 9.97 Å². The standard InChI is InChI=1S/C8H11F3N4OS/c1-5(17(2,16)15-12)6-3-13-7(14-4-6)8(9,10)11/h3-5H,12H2,1-2H3. The van der Waals surface area contributed by atoms with Gasteiger partial charge in [-0.05, 0) is 6.92 Å². The van der Waals surface area contributed by atoms with Gasteiger partial charge in [0, 0.05) is 24.2 Å². The fraction of sp³-hybridized carbons (Fsp3) is 0.500. The van der Waals surface area contributed by atoms with Gasteiger partial charge in [-0.25, -0.2) is 20.0 Å².